The summed E-state index contributed by atoms with van der Waals surface area (Å²) in [7, 11) is 2.20. The fourth-order valence-corrected chi connectivity index (χ4v) is 2.66. The topological polar surface area (TPSA) is 32.5 Å². The molecule has 1 heterocycles. The Morgan fingerprint density at radius 1 is 1.21 bits per heavy atom. The molecule has 1 unspecified atom stereocenters. The van der Waals surface area contributed by atoms with E-state index < -0.39 is 0 Å². The van der Waals surface area contributed by atoms with Gasteiger partial charge in [-0.2, -0.15) is 0 Å². The lowest BCUT2D eigenvalue weighted by atomic mass is 9.99. The molecule has 0 radical (unpaired) electrons. The Labute approximate surface area is 123 Å². The molecule has 1 fully saturated rings. The summed E-state index contributed by atoms with van der Waals surface area (Å²) >= 11 is 0. The third kappa shape index (κ3) is 4.77. The minimum atomic E-state index is -0.136. The largest absolute Gasteiger partial charge is 0.324 e. The molecule has 2 N–H and O–H groups in total. The molecular weight excluding hydrogens is 258 g/mol. The number of hydrogen-bond donors (Lipinski definition) is 1. The maximum Gasteiger partial charge on any atom is 0.0476 e. The monoisotopic (exact) mass is 283 g/mol. The van der Waals surface area contributed by atoms with E-state index in [1.54, 1.807) is 0 Å². The van der Waals surface area contributed by atoms with Gasteiger partial charge in [-0.3, -0.25) is 4.90 Å². The number of rotatable bonds is 3. The molecule has 1 aromatic carbocycles. The first-order chi connectivity index (χ1) is 8.46. The van der Waals surface area contributed by atoms with Crippen molar-refractivity contribution >= 4 is 12.4 Å². The van der Waals surface area contributed by atoms with E-state index >= 15 is 0 Å². The molecule has 0 amide bonds. The highest BCUT2D eigenvalue weighted by Crippen LogP contribution is 2.25. The zero-order valence-electron chi connectivity index (χ0n) is 12.2. The summed E-state index contributed by atoms with van der Waals surface area (Å²) in [6, 6.07) is 11.2. The van der Waals surface area contributed by atoms with Gasteiger partial charge < -0.3 is 10.6 Å². The van der Waals surface area contributed by atoms with Gasteiger partial charge in [-0.1, -0.05) is 30.3 Å². The normalized spacial score (nSPS) is 22.0. The summed E-state index contributed by atoms with van der Waals surface area (Å²) in [6.07, 6.45) is 0. The highest BCUT2D eigenvalue weighted by molar-refractivity contribution is 5.85. The number of halogens is 1. The van der Waals surface area contributed by atoms with Crippen molar-refractivity contribution in [1.29, 1.82) is 0 Å². The smallest absolute Gasteiger partial charge is 0.0476 e. The standard InChI is InChI=1S/C15H25N3.ClH/c1-15(2,16)12-18-10-9-17(3)11-14(18)13-7-5-4-6-8-13;/h4-8,14H,9-12,16H2,1-3H3;1H. The van der Waals surface area contributed by atoms with E-state index in [1.807, 2.05) is 0 Å². The van der Waals surface area contributed by atoms with Crippen molar-refractivity contribution in [2.75, 3.05) is 33.2 Å². The van der Waals surface area contributed by atoms with E-state index in [2.05, 4.69) is 61.0 Å². The van der Waals surface area contributed by atoms with Crippen molar-refractivity contribution in [1.82, 2.24) is 9.80 Å². The predicted octanol–water partition coefficient (Wildman–Crippen LogP) is 2.13. The molecule has 1 aromatic rings. The van der Waals surface area contributed by atoms with E-state index in [-0.39, 0.29) is 17.9 Å². The van der Waals surface area contributed by atoms with Crippen LogP contribution < -0.4 is 5.73 Å². The summed E-state index contributed by atoms with van der Waals surface area (Å²) in [5.74, 6) is 0. The molecule has 1 aliphatic heterocycles. The third-order valence-electron chi connectivity index (χ3n) is 3.49. The maximum absolute atomic E-state index is 6.19. The molecule has 0 aromatic heterocycles. The van der Waals surface area contributed by atoms with Crippen molar-refractivity contribution in [2.45, 2.75) is 25.4 Å². The summed E-state index contributed by atoms with van der Waals surface area (Å²) in [6.45, 7) is 8.46. The Hall–Kier alpha value is -0.610. The van der Waals surface area contributed by atoms with Crippen LogP contribution >= 0.6 is 12.4 Å². The highest BCUT2D eigenvalue weighted by Gasteiger charge is 2.29. The number of piperazine rings is 1. The average Bonchev–Trinajstić information content (AvgIpc) is 2.31. The van der Waals surface area contributed by atoms with E-state index in [1.165, 1.54) is 5.56 Å². The van der Waals surface area contributed by atoms with Gasteiger partial charge in [-0.25, -0.2) is 0 Å². The number of hydrogen-bond acceptors (Lipinski definition) is 3. The van der Waals surface area contributed by atoms with Crippen molar-refractivity contribution in [3.63, 3.8) is 0 Å². The molecule has 3 nitrogen and oxygen atoms in total. The Kier molecular flexibility index (Phi) is 5.81. The Morgan fingerprint density at radius 2 is 1.84 bits per heavy atom. The quantitative estimate of drug-likeness (QED) is 0.922. The van der Waals surface area contributed by atoms with Crippen molar-refractivity contribution in [3.8, 4) is 0 Å². The van der Waals surface area contributed by atoms with Crippen molar-refractivity contribution in [2.24, 2.45) is 5.73 Å². The third-order valence-corrected chi connectivity index (χ3v) is 3.49. The Bertz CT molecular complexity index is 375. The maximum atomic E-state index is 6.19. The second-order valence-corrected chi connectivity index (χ2v) is 6.15. The fourth-order valence-electron chi connectivity index (χ4n) is 2.66. The molecule has 0 spiro atoms. The predicted molar refractivity (Wildman–Crippen MR) is 83.8 cm³/mol. The second-order valence-electron chi connectivity index (χ2n) is 6.15. The Morgan fingerprint density at radius 3 is 2.42 bits per heavy atom. The van der Waals surface area contributed by atoms with Gasteiger partial charge in [0.15, 0.2) is 0 Å². The lowest BCUT2D eigenvalue weighted by Gasteiger charge is -2.43. The first-order valence-electron chi connectivity index (χ1n) is 6.72. The summed E-state index contributed by atoms with van der Waals surface area (Å²) in [4.78, 5) is 4.92. The van der Waals surface area contributed by atoms with Gasteiger partial charge in [-0.05, 0) is 26.5 Å². The van der Waals surface area contributed by atoms with Crippen molar-refractivity contribution < 1.29 is 0 Å². The van der Waals surface area contributed by atoms with Gasteiger partial charge in [0.2, 0.25) is 0 Å². The van der Waals surface area contributed by atoms with Crippen LogP contribution in [0.25, 0.3) is 0 Å². The number of benzene rings is 1. The molecule has 1 saturated heterocycles. The summed E-state index contributed by atoms with van der Waals surface area (Å²) in [5, 5.41) is 0. The van der Waals surface area contributed by atoms with Crippen LogP contribution in [0.3, 0.4) is 0 Å². The zero-order chi connectivity index (χ0) is 13.2. The number of nitrogens with two attached hydrogens (primary N) is 1. The van der Waals surface area contributed by atoms with Gasteiger partial charge in [0.05, 0.1) is 0 Å². The molecule has 108 valence electrons. The lowest BCUT2D eigenvalue weighted by Crippen LogP contribution is -2.53. The number of likely N-dealkylation sites (N-methyl/N-ethyl adjacent to an activating group) is 1. The van der Waals surface area contributed by atoms with Gasteiger partial charge >= 0.3 is 0 Å². The van der Waals surface area contributed by atoms with Crippen LogP contribution in [0, 0.1) is 0 Å². The SMILES string of the molecule is CN1CCN(CC(C)(C)N)C(c2ccccc2)C1.Cl. The first-order valence-corrected chi connectivity index (χ1v) is 6.72. The summed E-state index contributed by atoms with van der Waals surface area (Å²) < 4.78 is 0. The van der Waals surface area contributed by atoms with Gasteiger partial charge in [0.1, 0.15) is 0 Å². The van der Waals surface area contributed by atoms with Gasteiger partial charge in [0.25, 0.3) is 0 Å². The Balaban J connectivity index is 0.00000180. The molecule has 2 rings (SSSR count). The van der Waals surface area contributed by atoms with Crippen LogP contribution in [0.15, 0.2) is 30.3 Å². The molecule has 0 saturated carbocycles. The van der Waals surface area contributed by atoms with E-state index in [9.17, 15) is 0 Å². The molecule has 4 heteroatoms. The number of nitrogens with zero attached hydrogens (tertiary/aromatic N) is 2. The molecule has 1 atom stereocenters. The minimum Gasteiger partial charge on any atom is -0.324 e. The first kappa shape index (κ1) is 16.4. The lowest BCUT2D eigenvalue weighted by molar-refractivity contribution is 0.0739. The minimum absolute atomic E-state index is 0. The molecule has 1 aliphatic rings. The average molecular weight is 284 g/mol. The van der Waals surface area contributed by atoms with Crippen LogP contribution in [0.1, 0.15) is 25.5 Å². The molecule has 0 aliphatic carbocycles. The molecular formula is C15H26ClN3. The van der Waals surface area contributed by atoms with E-state index in [0.717, 1.165) is 26.2 Å². The second kappa shape index (κ2) is 6.71. The van der Waals surface area contributed by atoms with Crippen LogP contribution in [0.2, 0.25) is 0 Å². The molecule has 0 bridgehead atoms. The summed E-state index contributed by atoms with van der Waals surface area (Å²) in [5.41, 5.74) is 7.45. The zero-order valence-corrected chi connectivity index (χ0v) is 13.0. The fraction of sp³-hybridized carbons (Fsp3) is 0.600. The van der Waals surface area contributed by atoms with E-state index in [0.29, 0.717) is 6.04 Å². The van der Waals surface area contributed by atoms with Crippen LogP contribution in [0.5, 0.6) is 0 Å². The van der Waals surface area contributed by atoms with Crippen molar-refractivity contribution in [3.05, 3.63) is 35.9 Å². The van der Waals surface area contributed by atoms with Crippen LogP contribution in [0.4, 0.5) is 0 Å². The van der Waals surface area contributed by atoms with Gasteiger partial charge in [0, 0.05) is 37.8 Å². The van der Waals surface area contributed by atoms with Crippen LogP contribution in [-0.2, 0) is 0 Å². The van der Waals surface area contributed by atoms with Gasteiger partial charge in [-0.15, -0.1) is 12.4 Å². The highest BCUT2D eigenvalue weighted by atomic mass is 35.5. The molecule has 19 heavy (non-hydrogen) atoms. The van der Waals surface area contributed by atoms with E-state index in [4.69, 9.17) is 5.73 Å². The van der Waals surface area contributed by atoms with Crippen LogP contribution in [-0.4, -0.2) is 48.6 Å².